The lowest BCUT2D eigenvalue weighted by Crippen LogP contribution is -2.21. The van der Waals surface area contributed by atoms with E-state index in [9.17, 15) is 8.78 Å². The van der Waals surface area contributed by atoms with E-state index >= 15 is 0 Å². The average molecular weight is 292 g/mol. The quantitative estimate of drug-likeness (QED) is 0.806. The van der Waals surface area contributed by atoms with Crippen molar-refractivity contribution in [2.75, 3.05) is 6.54 Å². The molecule has 0 aliphatic carbocycles. The first-order chi connectivity index (χ1) is 10.1. The smallest absolute Gasteiger partial charge is 0.126 e. The largest absolute Gasteiger partial charge is 0.350 e. The Morgan fingerprint density at radius 3 is 2.48 bits per heavy atom. The van der Waals surface area contributed by atoms with E-state index in [0.29, 0.717) is 18.2 Å². The standard InChI is InChI=1S/C17H22F2N2/c1-3-6-20-17(4-2)14-5-7-21(12-14)11-13-8-15(18)10-16(19)9-13/h5,7-10,12,17,20H,3-4,6,11H2,1-2H3. The topological polar surface area (TPSA) is 17.0 Å². The molecule has 1 atom stereocenters. The van der Waals surface area contributed by atoms with Gasteiger partial charge < -0.3 is 9.88 Å². The molecule has 0 aliphatic rings. The van der Waals surface area contributed by atoms with E-state index in [-0.39, 0.29) is 0 Å². The molecule has 0 spiro atoms. The van der Waals surface area contributed by atoms with Gasteiger partial charge in [-0.05, 0) is 48.7 Å². The zero-order chi connectivity index (χ0) is 15.2. The first kappa shape index (κ1) is 15.7. The minimum Gasteiger partial charge on any atom is -0.350 e. The maximum atomic E-state index is 13.2. The van der Waals surface area contributed by atoms with Crippen LogP contribution in [0.3, 0.4) is 0 Å². The van der Waals surface area contributed by atoms with Gasteiger partial charge in [0.05, 0.1) is 0 Å². The Hall–Kier alpha value is -1.68. The second-order valence-corrected chi connectivity index (χ2v) is 5.31. The van der Waals surface area contributed by atoms with Gasteiger partial charge in [0, 0.05) is 31.0 Å². The number of nitrogens with one attached hydrogen (secondary N) is 1. The summed E-state index contributed by atoms with van der Waals surface area (Å²) in [7, 11) is 0. The monoisotopic (exact) mass is 292 g/mol. The molecule has 1 aromatic heterocycles. The molecule has 0 saturated heterocycles. The lowest BCUT2D eigenvalue weighted by molar-refractivity contribution is 0.517. The predicted octanol–water partition coefficient (Wildman–Crippen LogP) is 4.27. The van der Waals surface area contributed by atoms with Crippen molar-refractivity contribution in [1.82, 2.24) is 9.88 Å². The number of rotatable bonds is 7. The highest BCUT2D eigenvalue weighted by molar-refractivity contribution is 5.21. The van der Waals surface area contributed by atoms with Crippen LogP contribution in [-0.2, 0) is 6.54 Å². The van der Waals surface area contributed by atoms with Gasteiger partial charge in [0.2, 0.25) is 0 Å². The number of nitrogens with zero attached hydrogens (tertiary/aromatic N) is 1. The molecule has 2 aromatic rings. The molecule has 1 N–H and O–H groups in total. The van der Waals surface area contributed by atoms with E-state index in [1.807, 2.05) is 17.0 Å². The summed E-state index contributed by atoms with van der Waals surface area (Å²) in [5, 5.41) is 3.50. The zero-order valence-corrected chi connectivity index (χ0v) is 12.6. The Bertz CT molecular complexity index is 558. The molecular weight excluding hydrogens is 270 g/mol. The van der Waals surface area contributed by atoms with Crippen LogP contribution in [0.25, 0.3) is 0 Å². The summed E-state index contributed by atoms with van der Waals surface area (Å²) in [5.41, 5.74) is 1.84. The fourth-order valence-corrected chi connectivity index (χ4v) is 2.49. The Morgan fingerprint density at radius 1 is 1.14 bits per heavy atom. The molecule has 0 aliphatic heterocycles. The first-order valence-electron chi connectivity index (χ1n) is 7.46. The molecule has 2 nitrogen and oxygen atoms in total. The van der Waals surface area contributed by atoms with Gasteiger partial charge in [-0.1, -0.05) is 13.8 Å². The molecule has 0 fully saturated rings. The van der Waals surface area contributed by atoms with Crippen molar-refractivity contribution in [2.45, 2.75) is 39.3 Å². The fraction of sp³-hybridized carbons (Fsp3) is 0.412. The Kier molecular flexibility index (Phi) is 5.51. The van der Waals surface area contributed by atoms with Crippen molar-refractivity contribution in [3.8, 4) is 0 Å². The highest BCUT2D eigenvalue weighted by Crippen LogP contribution is 2.18. The molecular formula is C17H22F2N2. The third-order valence-corrected chi connectivity index (χ3v) is 3.51. The third kappa shape index (κ3) is 4.39. The molecule has 1 aromatic carbocycles. The van der Waals surface area contributed by atoms with E-state index in [1.165, 1.54) is 17.7 Å². The normalized spacial score (nSPS) is 12.6. The molecule has 21 heavy (non-hydrogen) atoms. The summed E-state index contributed by atoms with van der Waals surface area (Å²) >= 11 is 0. The van der Waals surface area contributed by atoms with E-state index < -0.39 is 11.6 Å². The highest BCUT2D eigenvalue weighted by Gasteiger charge is 2.10. The summed E-state index contributed by atoms with van der Waals surface area (Å²) in [6, 6.07) is 6.03. The Labute approximate surface area is 124 Å². The van der Waals surface area contributed by atoms with Crippen LogP contribution in [0.15, 0.2) is 36.7 Å². The molecule has 1 heterocycles. The van der Waals surface area contributed by atoms with E-state index in [1.54, 1.807) is 0 Å². The van der Waals surface area contributed by atoms with Crippen LogP contribution in [0.1, 0.15) is 43.9 Å². The summed E-state index contributed by atoms with van der Waals surface area (Å²) in [4.78, 5) is 0. The summed E-state index contributed by atoms with van der Waals surface area (Å²) < 4.78 is 28.4. The van der Waals surface area contributed by atoms with Crippen LogP contribution in [0, 0.1) is 11.6 Å². The lowest BCUT2D eigenvalue weighted by atomic mass is 10.1. The Balaban J connectivity index is 2.08. The average Bonchev–Trinajstić information content (AvgIpc) is 2.87. The van der Waals surface area contributed by atoms with Crippen molar-refractivity contribution < 1.29 is 8.78 Å². The van der Waals surface area contributed by atoms with Crippen molar-refractivity contribution >= 4 is 0 Å². The Morgan fingerprint density at radius 2 is 1.86 bits per heavy atom. The minimum absolute atomic E-state index is 0.329. The van der Waals surface area contributed by atoms with Gasteiger partial charge >= 0.3 is 0 Å². The van der Waals surface area contributed by atoms with Crippen molar-refractivity contribution in [3.05, 3.63) is 59.4 Å². The van der Waals surface area contributed by atoms with E-state index in [0.717, 1.165) is 25.5 Å². The van der Waals surface area contributed by atoms with Gasteiger partial charge in [-0.15, -0.1) is 0 Å². The number of benzene rings is 1. The molecule has 0 bridgehead atoms. The second kappa shape index (κ2) is 7.36. The van der Waals surface area contributed by atoms with Crippen molar-refractivity contribution in [1.29, 1.82) is 0 Å². The van der Waals surface area contributed by atoms with Crippen LogP contribution >= 0.6 is 0 Å². The van der Waals surface area contributed by atoms with Gasteiger partial charge in [0.1, 0.15) is 11.6 Å². The van der Waals surface area contributed by atoms with E-state index in [4.69, 9.17) is 0 Å². The number of hydrogen-bond donors (Lipinski definition) is 1. The molecule has 0 amide bonds. The molecule has 114 valence electrons. The van der Waals surface area contributed by atoms with Gasteiger partial charge in [-0.25, -0.2) is 8.78 Å². The van der Waals surface area contributed by atoms with Gasteiger partial charge in [-0.3, -0.25) is 0 Å². The van der Waals surface area contributed by atoms with Crippen LogP contribution in [-0.4, -0.2) is 11.1 Å². The van der Waals surface area contributed by atoms with Crippen LogP contribution in [0.4, 0.5) is 8.78 Å². The zero-order valence-electron chi connectivity index (χ0n) is 12.6. The fourth-order valence-electron chi connectivity index (χ4n) is 2.49. The van der Waals surface area contributed by atoms with E-state index in [2.05, 4.69) is 25.2 Å². The van der Waals surface area contributed by atoms with Crippen LogP contribution in [0.2, 0.25) is 0 Å². The predicted molar refractivity (Wildman–Crippen MR) is 81.2 cm³/mol. The SMILES string of the molecule is CCCNC(CC)c1ccn(Cc2cc(F)cc(F)c2)c1. The van der Waals surface area contributed by atoms with Gasteiger partial charge in [-0.2, -0.15) is 0 Å². The van der Waals surface area contributed by atoms with Crippen LogP contribution < -0.4 is 5.32 Å². The third-order valence-electron chi connectivity index (χ3n) is 3.51. The van der Waals surface area contributed by atoms with Crippen molar-refractivity contribution in [2.24, 2.45) is 0 Å². The number of halogens is 2. The molecule has 0 radical (unpaired) electrons. The summed E-state index contributed by atoms with van der Waals surface area (Å²) in [6.07, 6.45) is 6.10. The van der Waals surface area contributed by atoms with Crippen LogP contribution in [0.5, 0.6) is 0 Å². The number of hydrogen-bond acceptors (Lipinski definition) is 1. The lowest BCUT2D eigenvalue weighted by Gasteiger charge is -2.15. The maximum absolute atomic E-state index is 13.2. The molecule has 1 unspecified atom stereocenters. The second-order valence-electron chi connectivity index (χ2n) is 5.31. The summed E-state index contributed by atoms with van der Waals surface area (Å²) in [6.45, 7) is 5.74. The number of aromatic nitrogens is 1. The van der Waals surface area contributed by atoms with Crippen molar-refractivity contribution in [3.63, 3.8) is 0 Å². The summed E-state index contributed by atoms with van der Waals surface area (Å²) in [5.74, 6) is -1.07. The highest BCUT2D eigenvalue weighted by atomic mass is 19.1. The molecule has 4 heteroatoms. The first-order valence-corrected chi connectivity index (χ1v) is 7.46. The minimum atomic E-state index is -0.534. The molecule has 2 rings (SSSR count). The van der Waals surface area contributed by atoms with Gasteiger partial charge in [0.25, 0.3) is 0 Å². The maximum Gasteiger partial charge on any atom is 0.126 e. The van der Waals surface area contributed by atoms with Gasteiger partial charge in [0.15, 0.2) is 0 Å². The molecule has 0 saturated carbocycles.